The molecule has 0 aromatic heterocycles. The largest absolute Gasteiger partial charge is 0.480 e. The lowest BCUT2D eigenvalue weighted by atomic mass is 9.90. The van der Waals surface area contributed by atoms with E-state index in [-0.39, 0.29) is 34.1 Å². The zero-order valence-corrected chi connectivity index (χ0v) is 26.3. The summed E-state index contributed by atoms with van der Waals surface area (Å²) in [6.45, 7) is 1.69. The monoisotopic (exact) mass is 640 g/mol. The second-order valence-corrected chi connectivity index (χ2v) is 13.0. The van der Waals surface area contributed by atoms with Gasteiger partial charge in [-0.15, -0.1) is 0 Å². The van der Waals surface area contributed by atoms with E-state index >= 15 is 0 Å². The maximum Gasteiger partial charge on any atom is 0.326 e. The van der Waals surface area contributed by atoms with Crippen LogP contribution in [0.15, 0.2) is 126 Å². The van der Waals surface area contributed by atoms with E-state index in [1.807, 2.05) is 72.8 Å². The number of hydrogen-bond donors (Lipinski definition) is 2. The fourth-order valence-corrected chi connectivity index (χ4v) is 7.06. The molecule has 5 rings (SSSR count). The Morgan fingerprint density at radius 1 is 0.844 bits per heavy atom. The third-order valence-electron chi connectivity index (χ3n) is 7.76. The minimum Gasteiger partial charge on any atom is -0.480 e. The van der Waals surface area contributed by atoms with E-state index in [1.54, 1.807) is 19.1 Å². The van der Waals surface area contributed by atoms with Crippen LogP contribution < -0.4 is 9.62 Å². The fourth-order valence-electron chi connectivity index (χ4n) is 5.40. The van der Waals surface area contributed by atoms with Gasteiger partial charge in [0.15, 0.2) is 0 Å². The average molecular weight is 641 g/mol. The predicted molar refractivity (Wildman–Crippen MR) is 179 cm³/mol. The maximum absolute atomic E-state index is 13.8. The van der Waals surface area contributed by atoms with Crippen molar-refractivity contribution in [3.63, 3.8) is 0 Å². The van der Waals surface area contributed by atoms with Crippen LogP contribution in [0.5, 0.6) is 0 Å². The number of benzene rings is 4. The van der Waals surface area contributed by atoms with Crippen LogP contribution in [0.3, 0.4) is 0 Å². The first-order chi connectivity index (χ1) is 21.7. The van der Waals surface area contributed by atoms with Crippen molar-refractivity contribution in [3.05, 3.63) is 137 Å². The summed E-state index contributed by atoms with van der Waals surface area (Å²) in [6, 6.07) is 29.2. The second kappa shape index (κ2) is 14.0. The highest BCUT2D eigenvalue weighted by molar-refractivity contribution is 7.92. The Balaban J connectivity index is 1.38. The third-order valence-corrected chi connectivity index (χ3v) is 9.90. The first-order valence-corrected chi connectivity index (χ1v) is 16.4. The van der Waals surface area contributed by atoms with Gasteiger partial charge in [0.25, 0.3) is 15.9 Å². The van der Waals surface area contributed by atoms with Gasteiger partial charge in [-0.3, -0.25) is 9.10 Å². The zero-order chi connectivity index (χ0) is 32.0. The number of carbonyl (C=O) groups is 2. The van der Waals surface area contributed by atoms with E-state index in [0.717, 1.165) is 38.6 Å². The van der Waals surface area contributed by atoms with Crippen LogP contribution in [-0.2, 0) is 14.8 Å². The summed E-state index contributed by atoms with van der Waals surface area (Å²) < 4.78 is 28.8. The molecule has 1 aliphatic rings. The van der Waals surface area contributed by atoms with Crippen molar-refractivity contribution in [1.29, 1.82) is 0 Å². The Morgan fingerprint density at radius 3 is 2.04 bits per heavy atom. The van der Waals surface area contributed by atoms with Gasteiger partial charge < -0.3 is 10.4 Å². The lowest BCUT2D eigenvalue weighted by molar-refractivity contribution is -0.139. The van der Waals surface area contributed by atoms with Crippen LogP contribution in [0.25, 0.3) is 16.7 Å². The summed E-state index contributed by atoms with van der Waals surface area (Å²) in [5.41, 5.74) is 5.05. The molecule has 0 unspecified atom stereocenters. The standard InChI is InChI=1S/C36H33ClN2O5S/c1-2-39(45(43,44)31-20-17-29(18-21-31)27-11-7-4-8-12-27)34-22-19-30(37)24-32(34)35(40)38-33(36(41)42)23-25-13-15-28(16-14-25)26-9-5-3-6-10-26/h3-13,15,17-22,24,33H,2,14,16,23H2,1H3,(H,38,40)(H,41,42)/t33-/m0/s1. The Kier molecular flexibility index (Phi) is 9.86. The molecule has 45 heavy (non-hydrogen) atoms. The van der Waals surface area contributed by atoms with Gasteiger partial charge in [-0.05, 0) is 78.8 Å². The Bertz CT molecular complexity index is 1850. The van der Waals surface area contributed by atoms with Crippen LogP contribution in [0.2, 0.25) is 5.02 Å². The minimum atomic E-state index is -4.09. The van der Waals surface area contributed by atoms with E-state index in [4.69, 9.17) is 11.6 Å². The van der Waals surface area contributed by atoms with Crippen LogP contribution in [-0.4, -0.2) is 38.0 Å². The molecule has 4 aromatic carbocycles. The molecule has 2 N–H and O–H groups in total. The van der Waals surface area contributed by atoms with Crippen molar-refractivity contribution in [2.24, 2.45) is 0 Å². The number of nitrogens with one attached hydrogen (secondary N) is 1. The molecule has 9 heteroatoms. The highest BCUT2D eigenvalue weighted by Gasteiger charge is 2.30. The first kappa shape index (κ1) is 31.8. The molecule has 0 fully saturated rings. The van der Waals surface area contributed by atoms with Crippen molar-refractivity contribution < 1.29 is 23.1 Å². The summed E-state index contributed by atoms with van der Waals surface area (Å²) >= 11 is 6.25. The molecule has 1 atom stereocenters. The summed E-state index contributed by atoms with van der Waals surface area (Å²) in [5.74, 6) is -1.92. The van der Waals surface area contributed by atoms with E-state index in [1.165, 1.54) is 30.3 Å². The van der Waals surface area contributed by atoms with Gasteiger partial charge in [-0.25, -0.2) is 13.2 Å². The van der Waals surface area contributed by atoms with Crippen LogP contribution in [0, 0.1) is 0 Å². The Labute approximate surface area is 268 Å². The molecule has 0 spiro atoms. The lowest BCUT2D eigenvalue weighted by Crippen LogP contribution is -2.42. The number of carboxylic acid groups (broad SMARTS) is 1. The zero-order valence-electron chi connectivity index (χ0n) is 24.7. The number of aliphatic carboxylic acids is 1. The molecule has 0 bridgehead atoms. The normalized spacial score (nSPS) is 13.7. The highest BCUT2D eigenvalue weighted by Crippen LogP contribution is 2.32. The Hall–Kier alpha value is -4.66. The fraction of sp³-hybridized carbons (Fsp3) is 0.167. The van der Waals surface area contributed by atoms with E-state index < -0.39 is 27.9 Å². The van der Waals surface area contributed by atoms with Gasteiger partial charge >= 0.3 is 5.97 Å². The molecule has 0 heterocycles. The smallest absolute Gasteiger partial charge is 0.326 e. The number of nitrogens with zero attached hydrogens (tertiary/aromatic N) is 1. The number of hydrogen-bond acceptors (Lipinski definition) is 4. The minimum absolute atomic E-state index is 0.0238. The number of rotatable bonds is 11. The van der Waals surface area contributed by atoms with Crippen LogP contribution in [0.1, 0.15) is 42.1 Å². The molecule has 0 saturated carbocycles. The molecule has 0 aliphatic heterocycles. The summed E-state index contributed by atoms with van der Waals surface area (Å²) in [7, 11) is -4.09. The topological polar surface area (TPSA) is 104 Å². The van der Waals surface area contributed by atoms with Crippen LogP contribution in [0.4, 0.5) is 5.69 Å². The van der Waals surface area contributed by atoms with E-state index in [2.05, 4.69) is 5.32 Å². The molecule has 7 nitrogen and oxygen atoms in total. The number of allylic oxidation sites excluding steroid dienone is 3. The summed E-state index contributed by atoms with van der Waals surface area (Å²) in [5, 5.41) is 12.8. The molecule has 1 amide bonds. The van der Waals surface area contributed by atoms with E-state index in [0.29, 0.717) is 6.42 Å². The Morgan fingerprint density at radius 2 is 1.47 bits per heavy atom. The van der Waals surface area contributed by atoms with Gasteiger partial charge in [0.05, 0.1) is 16.1 Å². The molecule has 4 aromatic rings. The van der Waals surface area contributed by atoms with Gasteiger partial charge in [-0.1, -0.05) is 102 Å². The van der Waals surface area contributed by atoms with Crippen molar-refractivity contribution in [2.45, 2.75) is 37.1 Å². The van der Waals surface area contributed by atoms with Crippen LogP contribution >= 0.6 is 11.6 Å². The molecule has 0 radical (unpaired) electrons. The third kappa shape index (κ3) is 7.36. The number of sulfonamides is 1. The number of carbonyl (C=O) groups excluding carboxylic acids is 1. The number of halogens is 1. The number of amides is 1. The van der Waals surface area contributed by atoms with Gasteiger partial charge in [-0.2, -0.15) is 0 Å². The lowest BCUT2D eigenvalue weighted by Gasteiger charge is -2.26. The summed E-state index contributed by atoms with van der Waals surface area (Å²) in [4.78, 5) is 25.9. The van der Waals surface area contributed by atoms with Crippen molar-refractivity contribution in [1.82, 2.24) is 5.32 Å². The molecular weight excluding hydrogens is 608 g/mol. The number of anilines is 1. The first-order valence-electron chi connectivity index (χ1n) is 14.6. The molecule has 0 saturated heterocycles. The van der Waals surface area contributed by atoms with Gasteiger partial charge in [0, 0.05) is 11.6 Å². The van der Waals surface area contributed by atoms with E-state index in [9.17, 15) is 23.1 Å². The average Bonchev–Trinajstić information content (AvgIpc) is 3.06. The van der Waals surface area contributed by atoms with Gasteiger partial charge in [0.2, 0.25) is 0 Å². The maximum atomic E-state index is 13.8. The van der Waals surface area contributed by atoms with Crippen molar-refractivity contribution in [3.8, 4) is 11.1 Å². The summed E-state index contributed by atoms with van der Waals surface area (Å²) in [6.07, 6.45) is 5.42. The second-order valence-electron chi connectivity index (χ2n) is 10.7. The SMILES string of the molecule is CCN(c1ccc(Cl)cc1C(=O)N[C@@H](CC1=CC=C(c2ccccc2)CC1)C(=O)O)S(=O)(=O)c1ccc(-c2ccccc2)cc1. The molecule has 1 aliphatic carbocycles. The van der Waals surface area contributed by atoms with Gasteiger partial charge in [0.1, 0.15) is 6.04 Å². The molecule has 230 valence electrons. The van der Waals surface area contributed by atoms with Crippen molar-refractivity contribution >= 4 is 44.8 Å². The highest BCUT2D eigenvalue weighted by atomic mass is 35.5. The number of carboxylic acids is 1. The quantitative estimate of drug-likeness (QED) is 0.176. The predicted octanol–water partition coefficient (Wildman–Crippen LogP) is 7.60. The van der Waals surface area contributed by atoms with Crippen molar-refractivity contribution in [2.75, 3.05) is 10.8 Å². The molecular formula is C36H33ClN2O5S.